The average molecular weight is 767 g/mol. The molecule has 9 aromatic carbocycles. The van der Waals surface area contributed by atoms with Crippen LogP contribution in [0.2, 0.25) is 0 Å². The lowest BCUT2D eigenvalue weighted by molar-refractivity contribution is 1.18. The molecule has 272 valence electrons. The van der Waals surface area contributed by atoms with Crippen molar-refractivity contribution in [3.05, 3.63) is 182 Å². The maximum Gasteiger partial charge on any atom is 0.160 e. The fourth-order valence-electron chi connectivity index (χ4n) is 10.1. The molecule has 0 spiro atoms. The lowest BCUT2D eigenvalue weighted by atomic mass is 9.97. The highest BCUT2D eigenvalue weighted by molar-refractivity contribution is 7.26. The first-order chi connectivity index (χ1) is 29.3. The number of benzene rings is 9. The number of hydrogen-bond acceptors (Lipinski definition) is 3. The minimum Gasteiger partial charge on any atom is -0.309 e. The standard InChI is InChI=1S/C54H30N4S/c1-2-12-33-29-35(22-21-31(33)11-1)49-53-50(41-16-6-10-20-46(41)59-53)56-54(55-49)32-23-26-36(27-24-32)57-43-17-7-3-13-37(43)39-28-25-34-30-42-38-14-4-8-18-44(38)58-45-19-9-5-15-40(45)48(52(42)58)47(34)51(39)57/h1-30H. The normalized spacial score (nSPS) is 12.4. The Hall–Kier alpha value is -7.60. The Labute approximate surface area is 340 Å². The Bertz CT molecular complexity index is 4070. The van der Waals surface area contributed by atoms with Crippen molar-refractivity contribution >= 4 is 113 Å². The predicted molar refractivity (Wildman–Crippen MR) is 250 cm³/mol. The third kappa shape index (κ3) is 4.21. The summed E-state index contributed by atoms with van der Waals surface area (Å²) in [6, 6.07) is 66.3. The van der Waals surface area contributed by atoms with Gasteiger partial charge in [-0.1, -0.05) is 121 Å². The lowest BCUT2D eigenvalue weighted by Crippen LogP contribution is -1.97. The van der Waals surface area contributed by atoms with E-state index in [0.717, 1.165) is 43.9 Å². The summed E-state index contributed by atoms with van der Waals surface area (Å²) >= 11 is 1.77. The Kier molecular flexibility index (Phi) is 6.14. The molecule has 14 rings (SSSR count). The summed E-state index contributed by atoms with van der Waals surface area (Å²) in [7, 11) is 0. The van der Waals surface area contributed by atoms with Crippen LogP contribution in [-0.4, -0.2) is 18.9 Å². The molecule has 5 heterocycles. The SMILES string of the molecule is c1ccc2cc(-c3nc(-c4ccc(-n5c6ccccc6c6ccc7cc8c9ccccc9n9c%10ccccc%10c(c7c65)c89)cc4)nc4c3sc3ccccc34)ccc2c1. The van der Waals surface area contributed by atoms with Gasteiger partial charge in [0, 0.05) is 64.6 Å². The quantitative estimate of drug-likeness (QED) is 0.179. The first-order valence-electron chi connectivity index (χ1n) is 20.1. The van der Waals surface area contributed by atoms with Gasteiger partial charge in [-0.05, 0) is 76.8 Å². The molecule has 0 aliphatic carbocycles. The highest BCUT2D eigenvalue weighted by Gasteiger charge is 2.24. The summed E-state index contributed by atoms with van der Waals surface area (Å²) < 4.78 is 7.29. The second-order valence-corrected chi connectivity index (χ2v) is 16.8. The maximum atomic E-state index is 5.36. The van der Waals surface area contributed by atoms with Gasteiger partial charge < -0.3 is 8.97 Å². The highest BCUT2D eigenvalue weighted by Crippen LogP contribution is 2.47. The van der Waals surface area contributed by atoms with Crippen molar-refractivity contribution in [2.75, 3.05) is 0 Å². The van der Waals surface area contributed by atoms with Gasteiger partial charge in [0.05, 0.1) is 43.5 Å². The number of nitrogens with zero attached hydrogens (tertiary/aromatic N) is 4. The van der Waals surface area contributed by atoms with Crippen molar-refractivity contribution < 1.29 is 0 Å². The van der Waals surface area contributed by atoms with E-state index in [9.17, 15) is 0 Å². The summed E-state index contributed by atoms with van der Waals surface area (Å²) in [6.45, 7) is 0. The maximum absolute atomic E-state index is 5.36. The number of hydrogen-bond donors (Lipinski definition) is 0. The summed E-state index contributed by atoms with van der Waals surface area (Å²) in [5, 5.41) is 13.8. The van der Waals surface area contributed by atoms with Crippen LogP contribution in [0.25, 0.3) is 130 Å². The summed E-state index contributed by atoms with van der Waals surface area (Å²) in [5.74, 6) is 0.725. The largest absolute Gasteiger partial charge is 0.309 e. The average Bonchev–Trinajstić information content (AvgIpc) is 4.04. The zero-order valence-electron chi connectivity index (χ0n) is 31.5. The Morgan fingerprint density at radius 1 is 0.407 bits per heavy atom. The minimum atomic E-state index is 0.725. The molecule has 5 heteroatoms. The second-order valence-electron chi connectivity index (χ2n) is 15.7. The first-order valence-corrected chi connectivity index (χ1v) is 20.9. The van der Waals surface area contributed by atoms with Crippen LogP contribution in [0.4, 0.5) is 0 Å². The molecular weight excluding hydrogens is 737 g/mol. The zero-order chi connectivity index (χ0) is 38.3. The lowest BCUT2D eigenvalue weighted by Gasteiger charge is -2.12. The third-order valence-corrected chi connectivity index (χ3v) is 13.8. The van der Waals surface area contributed by atoms with E-state index < -0.39 is 0 Å². The van der Waals surface area contributed by atoms with E-state index in [4.69, 9.17) is 9.97 Å². The molecule has 0 atom stereocenters. The van der Waals surface area contributed by atoms with Crippen LogP contribution >= 0.6 is 11.3 Å². The van der Waals surface area contributed by atoms with Crippen molar-refractivity contribution in [3.63, 3.8) is 0 Å². The van der Waals surface area contributed by atoms with Gasteiger partial charge in [0.1, 0.15) is 0 Å². The van der Waals surface area contributed by atoms with Crippen LogP contribution in [0.1, 0.15) is 0 Å². The van der Waals surface area contributed by atoms with Crippen LogP contribution in [-0.2, 0) is 0 Å². The van der Waals surface area contributed by atoms with E-state index in [1.165, 1.54) is 86.1 Å². The molecule has 0 fully saturated rings. The molecule has 0 unspecified atom stereocenters. The molecule has 4 nitrogen and oxygen atoms in total. The zero-order valence-corrected chi connectivity index (χ0v) is 32.3. The third-order valence-electron chi connectivity index (χ3n) is 12.6. The summed E-state index contributed by atoms with van der Waals surface area (Å²) in [6.07, 6.45) is 0. The fourth-order valence-corrected chi connectivity index (χ4v) is 11.2. The van der Waals surface area contributed by atoms with Crippen LogP contribution in [0.15, 0.2) is 182 Å². The molecular formula is C54H30N4S. The molecule has 0 aliphatic heterocycles. The van der Waals surface area contributed by atoms with Gasteiger partial charge in [0.25, 0.3) is 0 Å². The Balaban J connectivity index is 1.03. The second kappa shape index (κ2) is 11.5. The van der Waals surface area contributed by atoms with Crippen molar-refractivity contribution in [3.8, 4) is 28.3 Å². The molecule has 5 aromatic heterocycles. The van der Waals surface area contributed by atoms with Gasteiger partial charge in [-0.15, -0.1) is 11.3 Å². The van der Waals surface area contributed by atoms with Gasteiger partial charge in [-0.3, -0.25) is 0 Å². The number of para-hydroxylation sites is 3. The number of rotatable bonds is 3. The molecule has 14 aromatic rings. The van der Waals surface area contributed by atoms with E-state index in [0.29, 0.717) is 0 Å². The van der Waals surface area contributed by atoms with E-state index >= 15 is 0 Å². The molecule has 0 saturated carbocycles. The van der Waals surface area contributed by atoms with E-state index in [-0.39, 0.29) is 0 Å². The smallest absolute Gasteiger partial charge is 0.160 e. The van der Waals surface area contributed by atoms with Gasteiger partial charge in [-0.25, -0.2) is 9.97 Å². The summed E-state index contributed by atoms with van der Waals surface area (Å²) in [4.78, 5) is 10.7. The van der Waals surface area contributed by atoms with Crippen molar-refractivity contribution in [2.24, 2.45) is 0 Å². The van der Waals surface area contributed by atoms with Crippen LogP contribution in [0, 0.1) is 0 Å². The van der Waals surface area contributed by atoms with E-state index in [2.05, 4.69) is 191 Å². The molecule has 0 N–H and O–H groups in total. The predicted octanol–water partition coefficient (Wildman–Crippen LogP) is 14.7. The van der Waals surface area contributed by atoms with E-state index in [1.807, 2.05) is 0 Å². The van der Waals surface area contributed by atoms with Crippen molar-refractivity contribution in [1.29, 1.82) is 0 Å². The van der Waals surface area contributed by atoms with Crippen LogP contribution < -0.4 is 0 Å². The molecule has 0 amide bonds. The molecule has 0 saturated heterocycles. The van der Waals surface area contributed by atoms with Gasteiger partial charge in [-0.2, -0.15) is 0 Å². The molecule has 0 radical (unpaired) electrons. The molecule has 0 bridgehead atoms. The highest BCUT2D eigenvalue weighted by atomic mass is 32.1. The Morgan fingerprint density at radius 2 is 1.05 bits per heavy atom. The van der Waals surface area contributed by atoms with E-state index in [1.54, 1.807) is 11.3 Å². The topological polar surface area (TPSA) is 35.1 Å². The first kappa shape index (κ1) is 31.5. The molecule has 0 aliphatic rings. The van der Waals surface area contributed by atoms with Crippen LogP contribution in [0.5, 0.6) is 0 Å². The van der Waals surface area contributed by atoms with Gasteiger partial charge in [0.2, 0.25) is 0 Å². The molecule has 59 heavy (non-hydrogen) atoms. The number of thiophene rings is 1. The van der Waals surface area contributed by atoms with Crippen LogP contribution in [0.3, 0.4) is 0 Å². The number of aromatic nitrogens is 4. The van der Waals surface area contributed by atoms with Gasteiger partial charge >= 0.3 is 0 Å². The van der Waals surface area contributed by atoms with Crippen molar-refractivity contribution in [1.82, 2.24) is 18.9 Å². The van der Waals surface area contributed by atoms with Crippen molar-refractivity contribution in [2.45, 2.75) is 0 Å². The number of fused-ring (bicyclic) bond motifs is 16. The summed E-state index contributed by atoms with van der Waals surface area (Å²) in [5.41, 5.74) is 11.3. The minimum absolute atomic E-state index is 0.725. The Morgan fingerprint density at radius 3 is 1.88 bits per heavy atom. The van der Waals surface area contributed by atoms with Gasteiger partial charge in [0.15, 0.2) is 5.82 Å². The fraction of sp³-hybridized carbons (Fsp3) is 0. The monoisotopic (exact) mass is 766 g/mol.